The highest BCUT2D eigenvalue weighted by Crippen LogP contribution is 2.12. The van der Waals surface area contributed by atoms with Crippen molar-refractivity contribution in [3.63, 3.8) is 0 Å². The van der Waals surface area contributed by atoms with Gasteiger partial charge in [-0.15, -0.1) is 0 Å². The Bertz CT molecular complexity index is 206. The van der Waals surface area contributed by atoms with E-state index in [-0.39, 0.29) is 11.9 Å². The predicted molar refractivity (Wildman–Crippen MR) is 71.0 cm³/mol. The monoisotopic (exact) mass is 244 g/mol. The van der Waals surface area contributed by atoms with Gasteiger partial charge in [-0.05, 0) is 19.8 Å². The zero-order chi connectivity index (χ0) is 13.3. The van der Waals surface area contributed by atoms with Crippen molar-refractivity contribution in [2.45, 2.75) is 52.6 Å². The first-order valence-electron chi connectivity index (χ1n) is 6.59. The fourth-order valence-electron chi connectivity index (χ4n) is 2.03. The van der Waals surface area contributed by atoms with E-state index < -0.39 is 0 Å². The first kappa shape index (κ1) is 16.4. The quantitative estimate of drug-likeness (QED) is 0.605. The second kappa shape index (κ2) is 9.42. The molecule has 0 aliphatic carbocycles. The van der Waals surface area contributed by atoms with E-state index in [1.807, 2.05) is 6.92 Å². The highest BCUT2D eigenvalue weighted by molar-refractivity contribution is 5.81. The molecule has 2 N–H and O–H groups in total. The fourth-order valence-corrected chi connectivity index (χ4v) is 2.03. The van der Waals surface area contributed by atoms with Gasteiger partial charge in [-0.25, -0.2) is 0 Å². The maximum Gasteiger partial charge on any atom is 0.236 e. The Morgan fingerprint density at radius 2 is 1.82 bits per heavy atom. The number of nitrogens with one attached hydrogen (secondary N) is 2. The van der Waals surface area contributed by atoms with Crippen molar-refractivity contribution in [1.82, 2.24) is 10.6 Å². The molecule has 0 saturated heterocycles. The van der Waals surface area contributed by atoms with Crippen LogP contribution in [0.2, 0.25) is 0 Å². The SMILES string of the molecule is CCC(CC)C(C)NC(C)C(=O)NCCOC. The number of methoxy groups -OCH3 is 1. The van der Waals surface area contributed by atoms with Gasteiger partial charge in [0.1, 0.15) is 0 Å². The van der Waals surface area contributed by atoms with Gasteiger partial charge < -0.3 is 15.4 Å². The summed E-state index contributed by atoms with van der Waals surface area (Å²) in [6.07, 6.45) is 2.28. The first-order chi connectivity index (χ1) is 8.06. The lowest BCUT2D eigenvalue weighted by atomic mass is 9.95. The second-order valence-electron chi connectivity index (χ2n) is 4.54. The lowest BCUT2D eigenvalue weighted by Crippen LogP contribution is -2.48. The van der Waals surface area contributed by atoms with Gasteiger partial charge in [-0.1, -0.05) is 26.7 Å². The van der Waals surface area contributed by atoms with Crippen LogP contribution in [-0.2, 0) is 9.53 Å². The molecule has 0 rings (SSSR count). The largest absolute Gasteiger partial charge is 0.383 e. The van der Waals surface area contributed by atoms with Crippen molar-refractivity contribution in [1.29, 1.82) is 0 Å². The average molecular weight is 244 g/mol. The molecule has 2 unspecified atom stereocenters. The van der Waals surface area contributed by atoms with Crippen LogP contribution in [0.4, 0.5) is 0 Å². The molecule has 0 aromatic heterocycles. The molecule has 0 bridgehead atoms. The minimum atomic E-state index is -0.151. The number of amides is 1. The maximum absolute atomic E-state index is 11.7. The lowest BCUT2D eigenvalue weighted by Gasteiger charge is -2.25. The number of hydrogen-bond acceptors (Lipinski definition) is 3. The highest BCUT2D eigenvalue weighted by atomic mass is 16.5. The smallest absolute Gasteiger partial charge is 0.236 e. The van der Waals surface area contributed by atoms with E-state index in [1.165, 1.54) is 0 Å². The molecule has 0 spiro atoms. The molecule has 0 saturated carbocycles. The summed E-state index contributed by atoms with van der Waals surface area (Å²) in [6, 6.07) is 0.218. The van der Waals surface area contributed by atoms with Crippen LogP contribution in [0.15, 0.2) is 0 Å². The van der Waals surface area contributed by atoms with Gasteiger partial charge in [0.15, 0.2) is 0 Å². The molecule has 0 fully saturated rings. The number of ether oxygens (including phenoxy) is 1. The number of rotatable bonds is 9. The van der Waals surface area contributed by atoms with Crippen molar-refractivity contribution >= 4 is 5.91 Å². The van der Waals surface area contributed by atoms with Crippen molar-refractivity contribution < 1.29 is 9.53 Å². The zero-order valence-electron chi connectivity index (χ0n) is 11.9. The Kier molecular flexibility index (Phi) is 9.09. The van der Waals surface area contributed by atoms with Crippen LogP contribution in [0.5, 0.6) is 0 Å². The first-order valence-corrected chi connectivity index (χ1v) is 6.59. The van der Waals surface area contributed by atoms with E-state index >= 15 is 0 Å². The lowest BCUT2D eigenvalue weighted by molar-refractivity contribution is -0.123. The normalized spacial score (nSPS) is 14.7. The molecule has 0 aliphatic heterocycles. The topological polar surface area (TPSA) is 50.4 Å². The summed E-state index contributed by atoms with van der Waals surface area (Å²) in [7, 11) is 1.63. The van der Waals surface area contributed by atoms with E-state index in [0.717, 1.165) is 12.8 Å². The van der Waals surface area contributed by atoms with Crippen LogP contribution in [-0.4, -0.2) is 38.3 Å². The van der Waals surface area contributed by atoms with Crippen molar-refractivity contribution in [3.05, 3.63) is 0 Å². The Balaban J connectivity index is 3.97. The fraction of sp³-hybridized carbons (Fsp3) is 0.923. The molecule has 4 nitrogen and oxygen atoms in total. The molecule has 0 heterocycles. The molecule has 0 radical (unpaired) electrons. The van der Waals surface area contributed by atoms with E-state index in [1.54, 1.807) is 7.11 Å². The Morgan fingerprint density at radius 1 is 1.24 bits per heavy atom. The molecule has 4 heteroatoms. The van der Waals surface area contributed by atoms with Crippen molar-refractivity contribution in [2.75, 3.05) is 20.3 Å². The van der Waals surface area contributed by atoms with Gasteiger partial charge in [-0.3, -0.25) is 4.79 Å². The maximum atomic E-state index is 11.7. The summed E-state index contributed by atoms with van der Waals surface area (Å²) in [5.41, 5.74) is 0. The van der Waals surface area contributed by atoms with Crippen LogP contribution < -0.4 is 10.6 Å². The van der Waals surface area contributed by atoms with Crippen molar-refractivity contribution in [2.24, 2.45) is 5.92 Å². The summed E-state index contributed by atoms with van der Waals surface area (Å²) in [4.78, 5) is 11.7. The summed E-state index contributed by atoms with van der Waals surface area (Å²) in [5, 5.41) is 6.19. The standard InChI is InChI=1S/C13H28N2O2/c1-6-12(7-2)10(3)15-11(4)13(16)14-8-9-17-5/h10-12,15H,6-9H2,1-5H3,(H,14,16). The predicted octanol–water partition coefficient (Wildman–Crippen LogP) is 1.55. The summed E-state index contributed by atoms with van der Waals surface area (Å²) < 4.78 is 4.89. The van der Waals surface area contributed by atoms with Gasteiger partial charge in [-0.2, -0.15) is 0 Å². The minimum absolute atomic E-state index is 0.0415. The highest BCUT2D eigenvalue weighted by Gasteiger charge is 2.19. The van der Waals surface area contributed by atoms with Crippen LogP contribution in [0.3, 0.4) is 0 Å². The van der Waals surface area contributed by atoms with Gasteiger partial charge >= 0.3 is 0 Å². The minimum Gasteiger partial charge on any atom is -0.383 e. The van der Waals surface area contributed by atoms with Crippen LogP contribution in [0.1, 0.15) is 40.5 Å². The molecule has 17 heavy (non-hydrogen) atoms. The Morgan fingerprint density at radius 3 is 2.29 bits per heavy atom. The van der Waals surface area contributed by atoms with Gasteiger partial charge in [0, 0.05) is 19.7 Å². The molecule has 0 aromatic carbocycles. The van der Waals surface area contributed by atoms with Crippen LogP contribution in [0.25, 0.3) is 0 Å². The molecular formula is C13H28N2O2. The molecule has 0 aliphatic rings. The molecule has 0 aromatic rings. The number of hydrogen-bond donors (Lipinski definition) is 2. The molecule has 1 amide bonds. The third-order valence-electron chi connectivity index (χ3n) is 3.27. The van der Waals surface area contributed by atoms with Crippen LogP contribution in [0, 0.1) is 5.92 Å². The molecular weight excluding hydrogens is 216 g/mol. The molecule has 102 valence electrons. The number of carbonyl (C=O) groups is 1. The van der Waals surface area contributed by atoms with E-state index in [9.17, 15) is 4.79 Å². The third kappa shape index (κ3) is 6.64. The van der Waals surface area contributed by atoms with Gasteiger partial charge in [0.05, 0.1) is 12.6 Å². The molecule has 2 atom stereocenters. The van der Waals surface area contributed by atoms with Gasteiger partial charge in [0.25, 0.3) is 0 Å². The zero-order valence-corrected chi connectivity index (χ0v) is 11.9. The summed E-state index contributed by atoms with van der Waals surface area (Å²) in [6.45, 7) is 9.56. The van der Waals surface area contributed by atoms with E-state index in [2.05, 4.69) is 31.4 Å². The van der Waals surface area contributed by atoms with Gasteiger partial charge in [0.2, 0.25) is 5.91 Å². The summed E-state index contributed by atoms with van der Waals surface area (Å²) in [5.74, 6) is 0.670. The van der Waals surface area contributed by atoms with Crippen molar-refractivity contribution in [3.8, 4) is 0 Å². The number of carbonyl (C=O) groups excluding carboxylic acids is 1. The van der Waals surface area contributed by atoms with E-state index in [4.69, 9.17) is 4.74 Å². The average Bonchev–Trinajstić information content (AvgIpc) is 2.30. The second-order valence-corrected chi connectivity index (χ2v) is 4.54. The Hall–Kier alpha value is -0.610. The van der Waals surface area contributed by atoms with E-state index in [0.29, 0.717) is 25.1 Å². The summed E-state index contributed by atoms with van der Waals surface area (Å²) >= 11 is 0. The third-order valence-corrected chi connectivity index (χ3v) is 3.27. The Labute approximate surface area is 105 Å². The van der Waals surface area contributed by atoms with Crippen LogP contribution >= 0.6 is 0 Å².